The van der Waals surface area contributed by atoms with Crippen LogP contribution in [0.15, 0.2) is 0 Å². The number of hydrogen-bond acceptors (Lipinski definition) is 3. The van der Waals surface area contributed by atoms with E-state index in [1.165, 1.54) is 0 Å². The van der Waals surface area contributed by atoms with Crippen LogP contribution < -0.4 is 0 Å². The topological polar surface area (TPSA) is 57.5 Å². The Morgan fingerprint density at radius 3 is 2.42 bits per heavy atom. The fourth-order valence-electron chi connectivity index (χ4n) is 0.940. The fraction of sp³-hybridized carbons (Fsp3) is 0.875. The van der Waals surface area contributed by atoms with Crippen molar-refractivity contribution in [2.24, 2.45) is 0 Å². The van der Waals surface area contributed by atoms with Crippen LogP contribution in [0.4, 0.5) is 0 Å². The van der Waals surface area contributed by atoms with E-state index in [-0.39, 0.29) is 18.3 Å². The first-order valence-corrected chi connectivity index (χ1v) is 4.98. The van der Waals surface area contributed by atoms with Gasteiger partial charge in [-0.3, -0.25) is 4.79 Å². The van der Waals surface area contributed by atoms with Gasteiger partial charge in [-0.1, -0.05) is 13.8 Å². The van der Waals surface area contributed by atoms with Crippen LogP contribution in [0.3, 0.4) is 0 Å². The Bertz CT molecular complexity index is 138. The van der Waals surface area contributed by atoms with E-state index in [9.17, 15) is 4.79 Å². The number of aliphatic hydroxyl groups excluding tert-OH is 1. The maximum Gasteiger partial charge on any atom is 0.304 e. The molecule has 2 N–H and O–H groups in total. The molecule has 0 heterocycles. The monoisotopic (exact) mass is 192 g/mol. The van der Waals surface area contributed by atoms with Gasteiger partial charge in [0.05, 0.1) is 6.42 Å². The summed E-state index contributed by atoms with van der Waals surface area (Å²) in [7, 11) is 0. The Labute approximate surface area is 77.2 Å². The van der Waals surface area contributed by atoms with E-state index in [4.69, 9.17) is 10.2 Å². The minimum atomic E-state index is -0.758. The van der Waals surface area contributed by atoms with E-state index < -0.39 is 5.97 Å². The molecule has 0 spiro atoms. The first-order valence-electron chi connectivity index (χ1n) is 4.04. The predicted octanol–water partition coefficient (Wildman–Crippen LogP) is 1.35. The Morgan fingerprint density at radius 2 is 2.00 bits per heavy atom. The minimum Gasteiger partial charge on any atom is -0.481 e. The van der Waals surface area contributed by atoms with Crippen molar-refractivity contribution in [2.75, 3.05) is 6.61 Å². The summed E-state index contributed by atoms with van der Waals surface area (Å²) in [6, 6.07) is 0. The van der Waals surface area contributed by atoms with Crippen molar-refractivity contribution in [3.05, 3.63) is 0 Å². The number of hydrogen-bond donors (Lipinski definition) is 2. The molecule has 72 valence electrons. The van der Waals surface area contributed by atoms with E-state index in [1.807, 2.05) is 13.8 Å². The average Bonchev–Trinajstić information content (AvgIpc) is 1.84. The first kappa shape index (κ1) is 11.8. The molecule has 0 saturated carbocycles. The van der Waals surface area contributed by atoms with Crippen LogP contribution in [0.2, 0.25) is 0 Å². The second-order valence-electron chi connectivity index (χ2n) is 2.87. The SMILES string of the molecule is CC(CCO)SC(C)CC(=O)O. The zero-order valence-corrected chi connectivity index (χ0v) is 8.30. The van der Waals surface area contributed by atoms with Crippen LogP contribution in [0.5, 0.6) is 0 Å². The molecule has 0 aromatic carbocycles. The van der Waals surface area contributed by atoms with Crippen molar-refractivity contribution in [1.82, 2.24) is 0 Å². The average molecular weight is 192 g/mol. The zero-order chi connectivity index (χ0) is 9.56. The van der Waals surface area contributed by atoms with Gasteiger partial charge in [0.25, 0.3) is 0 Å². The molecule has 0 aromatic heterocycles. The smallest absolute Gasteiger partial charge is 0.304 e. The highest BCUT2D eigenvalue weighted by Crippen LogP contribution is 2.21. The summed E-state index contributed by atoms with van der Waals surface area (Å²) in [4.78, 5) is 10.3. The van der Waals surface area contributed by atoms with E-state index in [1.54, 1.807) is 11.8 Å². The van der Waals surface area contributed by atoms with Gasteiger partial charge in [-0.15, -0.1) is 0 Å². The second-order valence-corrected chi connectivity index (χ2v) is 4.75. The Kier molecular flexibility index (Phi) is 6.20. The van der Waals surface area contributed by atoms with Crippen LogP contribution in [-0.2, 0) is 4.79 Å². The van der Waals surface area contributed by atoms with Gasteiger partial charge in [0.1, 0.15) is 0 Å². The van der Waals surface area contributed by atoms with Crippen LogP contribution in [0.25, 0.3) is 0 Å². The van der Waals surface area contributed by atoms with Crippen molar-refractivity contribution < 1.29 is 15.0 Å². The van der Waals surface area contributed by atoms with Gasteiger partial charge >= 0.3 is 5.97 Å². The van der Waals surface area contributed by atoms with Gasteiger partial charge in [0.15, 0.2) is 0 Å². The van der Waals surface area contributed by atoms with Gasteiger partial charge < -0.3 is 10.2 Å². The quantitative estimate of drug-likeness (QED) is 0.667. The number of carbonyl (C=O) groups is 1. The molecule has 3 nitrogen and oxygen atoms in total. The predicted molar refractivity (Wildman–Crippen MR) is 50.5 cm³/mol. The second kappa shape index (κ2) is 6.31. The van der Waals surface area contributed by atoms with Gasteiger partial charge in [0.2, 0.25) is 0 Å². The number of rotatable bonds is 6. The summed E-state index contributed by atoms with van der Waals surface area (Å²) < 4.78 is 0. The molecule has 0 aliphatic rings. The molecular weight excluding hydrogens is 176 g/mol. The van der Waals surface area contributed by atoms with Crippen molar-refractivity contribution in [1.29, 1.82) is 0 Å². The first-order chi connectivity index (χ1) is 5.56. The van der Waals surface area contributed by atoms with Gasteiger partial charge in [0, 0.05) is 17.1 Å². The molecular formula is C8H16O3S. The Morgan fingerprint density at radius 1 is 1.42 bits per heavy atom. The summed E-state index contributed by atoms with van der Waals surface area (Å²) in [6.07, 6.45) is 0.926. The maximum absolute atomic E-state index is 10.3. The lowest BCUT2D eigenvalue weighted by Crippen LogP contribution is -2.10. The lowest BCUT2D eigenvalue weighted by molar-refractivity contribution is -0.136. The van der Waals surface area contributed by atoms with E-state index in [0.29, 0.717) is 5.25 Å². The summed E-state index contributed by atoms with van der Waals surface area (Å²) in [5.74, 6) is -0.758. The van der Waals surface area contributed by atoms with Crippen molar-refractivity contribution in [3.8, 4) is 0 Å². The summed E-state index contributed by atoms with van der Waals surface area (Å²) in [5.41, 5.74) is 0. The molecule has 2 unspecified atom stereocenters. The standard InChI is InChI=1S/C8H16O3S/c1-6(3-4-9)12-7(2)5-8(10)11/h6-7,9H,3-5H2,1-2H3,(H,10,11). The maximum atomic E-state index is 10.3. The number of carboxylic acids is 1. The number of aliphatic carboxylic acids is 1. The molecule has 0 aliphatic heterocycles. The fourth-order valence-corrected chi connectivity index (χ4v) is 2.21. The zero-order valence-electron chi connectivity index (χ0n) is 7.49. The molecule has 0 amide bonds. The molecule has 12 heavy (non-hydrogen) atoms. The molecule has 0 saturated heterocycles. The van der Waals surface area contributed by atoms with Gasteiger partial charge in [-0.25, -0.2) is 0 Å². The third-order valence-corrected chi connectivity index (χ3v) is 2.79. The number of thioether (sulfide) groups is 1. The lowest BCUT2D eigenvalue weighted by atomic mass is 10.3. The highest BCUT2D eigenvalue weighted by molar-refractivity contribution is 8.00. The van der Waals surface area contributed by atoms with Crippen LogP contribution in [0, 0.1) is 0 Å². The summed E-state index contributed by atoms with van der Waals surface area (Å²) >= 11 is 1.61. The van der Waals surface area contributed by atoms with Crippen molar-refractivity contribution in [3.63, 3.8) is 0 Å². The summed E-state index contributed by atoms with van der Waals surface area (Å²) in [6.45, 7) is 4.07. The van der Waals surface area contributed by atoms with Gasteiger partial charge in [-0.05, 0) is 6.42 Å². The van der Waals surface area contributed by atoms with Crippen molar-refractivity contribution in [2.45, 2.75) is 37.2 Å². The molecule has 2 atom stereocenters. The van der Waals surface area contributed by atoms with E-state index in [2.05, 4.69) is 0 Å². The number of carboxylic acid groups (broad SMARTS) is 1. The van der Waals surface area contributed by atoms with Crippen LogP contribution in [-0.4, -0.2) is 33.3 Å². The van der Waals surface area contributed by atoms with Crippen molar-refractivity contribution >= 4 is 17.7 Å². The molecule has 0 fully saturated rings. The molecule has 0 aliphatic carbocycles. The van der Waals surface area contributed by atoms with E-state index in [0.717, 1.165) is 6.42 Å². The Balaban J connectivity index is 3.53. The molecule has 0 bridgehead atoms. The third-order valence-electron chi connectivity index (χ3n) is 1.46. The minimum absolute atomic E-state index is 0.129. The largest absolute Gasteiger partial charge is 0.481 e. The lowest BCUT2D eigenvalue weighted by Gasteiger charge is -2.14. The van der Waals surface area contributed by atoms with Gasteiger partial charge in [-0.2, -0.15) is 11.8 Å². The molecule has 0 radical (unpaired) electrons. The van der Waals surface area contributed by atoms with Crippen LogP contribution in [0.1, 0.15) is 26.7 Å². The molecule has 4 heteroatoms. The highest BCUT2D eigenvalue weighted by atomic mass is 32.2. The van der Waals surface area contributed by atoms with E-state index >= 15 is 0 Å². The summed E-state index contributed by atoms with van der Waals surface area (Å²) in [5, 5.41) is 17.5. The van der Waals surface area contributed by atoms with Crippen LogP contribution >= 0.6 is 11.8 Å². The number of aliphatic hydroxyl groups is 1. The molecule has 0 rings (SSSR count). The highest BCUT2D eigenvalue weighted by Gasteiger charge is 2.11. The Hall–Kier alpha value is -0.220. The molecule has 0 aromatic rings. The normalized spacial score (nSPS) is 15.6. The third kappa shape index (κ3) is 6.49.